The molecule has 170 valence electrons. The first-order chi connectivity index (χ1) is 15.9. The number of nitrogens with zero attached hydrogens (tertiary/aromatic N) is 1. The Hall–Kier alpha value is -3.65. The number of hydrazone groups is 1. The fraction of sp³-hybridized carbons (Fsp3) is 0.160. The molecule has 8 heteroatoms. The van der Waals surface area contributed by atoms with E-state index in [-0.39, 0.29) is 0 Å². The lowest BCUT2D eigenvalue weighted by Gasteiger charge is -2.13. The van der Waals surface area contributed by atoms with Crippen LogP contribution in [0, 0.1) is 6.92 Å². The van der Waals surface area contributed by atoms with Crippen molar-refractivity contribution in [1.82, 2.24) is 5.43 Å². The third kappa shape index (κ3) is 6.66. The number of ether oxygens (including phenoxy) is 2. The van der Waals surface area contributed by atoms with Gasteiger partial charge < -0.3 is 14.8 Å². The molecule has 3 rings (SSSR count). The summed E-state index contributed by atoms with van der Waals surface area (Å²) in [5.74, 6) is -0.556. The van der Waals surface area contributed by atoms with Crippen LogP contribution in [-0.4, -0.2) is 24.6 Å². The smallest absolute Gasteiger partial charge is 0.329 e. The maximum absolute atomic E-state index is 12.1. The van der Waals surface area contributed by atoms with Gasteiger partial charge in [-0.1, -0.05) is 40.2 Å². The molecule has 0 aliphatic heterocycles. The molecule has 33 heavy (non-hydrogen) atoms. The molecule has 0 radical (unpaired) electrons. The third-order valence-corrected chi connectivity index (χ3v) is 5.39. The number of rotatable bonds is 7. The normalized spacial score (nSPS) is 11.0. The molecular formula is C25H24BrN3O4. The fourth-order valence-corrected chi connectivity index (χ4v) is 3.17. The Morgan fingerprint density at radius 1 is 0.970 bits per heavy atom. The van der Waals surface area contributed by atoms with Crippen molar-refractivity contribution in [1.29, 1.82) is 0 Å². The Balaban J connectivity index is 1.63. The summed E-state index contributed by atoms with van der Waals surface area (Å²) in [6, 6.07) is 20.2. The van der Waals surface area contributed by atoms with Crippen LogP contribution in [0.4, 0.5) is 5.69 Å². The summed E-state index contributed by atoms with van der Waals surface area (Å²) in [5.41, 5.74) is 6.23. The second-order valence-corrected chi connectivity index (χ2v) is 8.10. The molecule has 3 aromatic carbocycles. The minimum Gasteiger partial charge on any atom is -0.493 e. The van der Waals surface area contributed by atoms with Crippen molar-refractivity contribution < 1.29 is 19.1 Å². The van der Waals surface area contributed by atoms with E-state index in [1.165, 1.54) is 0 Å². The van der Waals surface area contributed by atoms with Gasteiger partial charge in [-0.3, -0.25) is 9.59 Å². The summed E-state index contributed by atoms with van der Waals surface area (Å²) >= 11 is 3.31. The summed E-state index contributed by atoms with van der Waals surface area (Å²) in [4.78, 5) is 24.2. The molecule has 3 aromatic rings. The van der Waals surface area contributed by atoms with Crippen molar-refractivity contribution in [3.8, 4) is 11.5 Å². The molecule has 0 aliphatic rings. The van der Waals surface area contributed by atoms with Crippen LogP contribution in [0.1, 0.15) is 23.6 Å². The number of hydrogen-bond donors (Lipinski definition) is 2. The molecule has 0 spiro atoms. The lowest BCUT2D eigenvalue weighted by molar-refractivity contribution is -0.136. The van der Waals surface area contributed by atoms with Gasteiger partial charge in [0.1, 0.15) is 6.61 Å². The van der Waals surface area contributed by atoms with E-state index in [0.717, 1.165) is 15.6 Å². The minimum absolute atomic E-state index is 0.416. The van der Waals surface area contributed by atoms with E-state index >= 15 is 0 Å². The molecule has 0 atom stereocenters. The summed E-state index contributed by atoms with van der Waals surface area (Å²) in [5, 5.41) is 6.55. The third-order valence-electron chi connectivity index (χ3n) is 4.86. The Morgan fingerprint density at radius 2 is 1.70 bits per heavy atom. The second kappa shape index (κ2) is 11.3. The number of amides is 2. The lowest BCUT2D eigenvalue weighted by Crippen LogP contribution is -2.32. The van der Waals surface area contributed by atoms with Gasteiger partial charge in [-0.15, -0.1) is 0 Å². The molecule has 0 saturated carbocycles. The first kappa shape index (κ1) is 24.0. The number of aryl methyl sites for hydroxylation is 1. The van der Waals surface area contributed by atoms with Crippen molar-refractivity contribution in [2.45, 2.75) is 20.5 Å². The number of nitrogens with one attached hydrogen (secondary N) is 2. The summed E-state index contributed by atoms with van der Waals surface area (Å²) < 4.78 is 12.3. The van der Waals surface area contributed by atoms with Crippen LogP contribution in [-0.2, 0) is 16.2 Å². The number of hydrogen-bond acceptors (Lipinski definition) is 5. The van der Waals surface area contributed by atoms with E-state index < -0.39 is 11.8 Å². The summed E-state index contributed by atoms with van der Waals surface area (Å²) in [6.45, 7) is 4.17. The number of carbonyl (C=O) groups is 2. The number of carbonyl (C=O) groups excluding carboxylic acids is 2. The largest absolute Gasteiger partial charge is 0.493 e. The van der Waals surface area contributed by atoms with Crippen molar-refractivity contribution in [3.05, 3.63) is 87.9 Å². The molecule has 0 fully saturated rings. The van der Waals surface area contributed by atoms with Crippen LogP contribution < -0.4 is 20.2 Å². The number of benzene rings is 3. The standard InChI is InChI=1S/C25H24BrN3O4/c1-16-6-4-5-7-19(16)15-33-22-13-8-18(14-23(22)32-3)17(2)28-29-25(31)24(30)27-21-11-9-20(26)10-12-21/h4-14H,15H2,1-3H3,(H,27,30)(H,29,31)/b28-17+. The zero-order valence-electron chi connectivity index (χ0n) is 18.5. The molecule has 0 bridgehead atoms. The summed E-state index contributed by atoms with van der Waals surface area (Å²) in [7, 11) is 1.56. The molecule has 7 nitrogen and oxygen atoms in total. The minimum atomic E-state index is -0.873. The van der Waals surface area contributed by atoms with E-state index in [1.807, 2.05) is 37.3 Å². The highest BCUT2D eigenvalue weighted by atomic mass is 79.9. The predicted molar refractivity (Wildman–Crippen MR) is 132 cm³/mol. The monoisotopic (exact) mass is 509 g/mol. The molecule has 0 heterocycles. The van der Waals surface area contributed by atoms with Gasteiger partial charge in [0.15, 0.2) is 11.5 Å². The molecule has 0 aromatic heterocycles. The average Bonchev–Trinajstić information content (AvgIpc) is 2.83. The van der Waals surface area contributed by atoms with Crippen LogP contribution >= 0.6 is 15.9 Å². The zero-order chi connectivity index (χ0) is 23.8. The number of halogens is 1. The second-order valence-electron chi connectivity index (χ2n) is 7.18. The van der Waals surface area contributed by atoms with E-state index in [2.05, 4.69) is 31.8 Å². The Labute approximate surface area is 200 Å². The first-order valence-corrected chi connectivity index (χ1v) is 10.9. The molecule has 2 N–H and O–H groups in total. The van der Waals surface area contributed by atoms with Crippen molar-refractivity contribution >= 4 is 39.1 Å². The number of methoxy groups -OCH3 is 1. The molecule has 2 amide bonds. The Kier molecular flexibility index (Phi) is 8.21. The fourth-order valence-electron chi connectivity index (χ4n) is 2.91. The molecular weight excluding hydrogens is 486 g/mol. The van der Waals surface area contributed by atoms with Crippen LogP contribution in [0.5, 0.6) is 11.5 Å². The van der Waals surface area contributed by atoms with Crippen LogP contribution in [0.25, 0.3) is 0 Å². The van der Waals surface area contributed by atoms with E-state index in [9.17, 15) is 9.59 Å². The quantitative estimate of drug-likeness (QED) is 0.271. The highest BCUT2D eigenvalue weighted by Gasteiger charge is 2.14. The van der Waals surface area contributed by atoms with Gasteiger partial charge in [0.2, 0.25) is 0 Å². The number of anilines is 1. The van der Waals surface area contributed by atoms with E-state index in [4.69, 9.17) is 9.47 Å². The molecule has 0 aliphatic carbocycles. The first-order valence-electron chi connectivity index (χ1n) is 10.1. The van der Waals surface area contributed by atoms with Crippen LogP contribution in [0.3, 0.4) is 0 Å². The van der Waals surface area contributed by atoms with Gasteiger partial charge in [-0.2, -0.15) is 5.10 Å². The van der Waals surface area contributed by atoms with Gasteiger partial charge in [0.05, 0.1) is 12.8 Å². The van der Waals surface area contributed by atoms with Gasteiger partial charge >= 0.3 is 11.8 Å². The van der Waals surface area contributed by atoms with Crippen LogP contribution in [0.2, 0.25) is 0 Å². The summed E-state index contributed by atoms with van der Waals surface area (Å²) in [6.07, 6.45) is 0. The van der Waals surface area contributed by atoms with E-state index in [0.29, 0.717) is 35.1 Å². The Morgan fingerprint density at radius 3 is 2.39 bits per heavy atom. The highest BCUT2D eigenvalue weighted by Crippen LogP contribution is 2.29. The van der Waals surface area contributed by atoms with Gasteiger partial charge in [-0.25, -0.2) is 5.43 Å². The Bertz CT molecular complexity index is 1180. The molecule has 0 unspecified atom stereocenters. The van der Waals surface area contributed by atoms with Gasteiger partial charge in [0, 0.05) is 15.7 Å². The topological polar surface area (TPSA) is 89.0 Å². The average molecular weight is 510 g/mol. The SMILES string of the molecule is COc1cc(/C(C)=N/NC(=O)C(=O)Nc2ccc(Br)cc2)ccc1OCc1ccccc1C. The van der Waals surface area contributed by atoms with Crippen molar-refractivity contribution in [2.24, 2.45) is 5.10 Å². The molecule has 0 saturated heterocycles. The predicted octanol–water partition coefficient (Wildman–Crippen LogP) is 4.82. The van der Waals surface area contributed by atoms with Gasteiger partial charge in [-0.05, 0) is 67.4 Å². The zero-order valence-corrected chi connectivity index (χ0v) is 20.1. The maximum Gasteiger partial charge on any atom is 0.329 e. The van der Waals surface area contributed by atoms with Crippen molar-refractivity contribution in [3.63, 3.8) is 0 Å². The maximum atomic E-state index is 12.1. The van der Waals surface area contributed by atoms with Crippen LogP contribution in [0.15, 0.2) is 76.3 Å². The van der Waals surface area contributed by atoms with Gasteiger partial charge in [0.25, 0.3) is 0 Å². The lowest BCUT2D eigenvalue weighted by atomic mass is 10.1. The van der Waals surface area contributed by atoms with E-state index in [1.54, 1.807) is 50.4 Å². The highest BCUT2D eigenvalue weighted by molar-refractivity contribution is 9.10. The van der Waals surface area contributed by atoms with Crippen molar-refractivity contribution in [2.75, 3.05) is 12.4 Å².